The number of Topliss-reactive ketones (excluding diaryl/α,β-unsaturated/α-hetero) is 1. The molecule has 1 amide bonds. The summed E-state index contributed by atoms with van der Waals surface area (Å²) in [5.41, 5.74) is 1.91. The van der Waals surface area contributed by atoms with Gasteiger partial charge in [-0.15, -0.1) is 0 Å². The number of hydrogen-bond acceptors (Lipinski definition) is 4. The normalized spacial score (nSPS) is 22.6. The number of rotatable bonds is 5. The predicted molar refractivity (Wildman–Crippen MR) is 82.8 cm³/mol. The molecule has 0 aromatic rings. The van der Waals surface area contributed by atoms with Gasteiger partial charge < -0.3 is 4.90 Å². The molecule has 5 heteroatoms. The molecule has 2 rings (SSSR count). The van der Waals surface area contributed by atoms with E-state index in [0.717, 1.165) is 32.2 Å². The van der Waals surface area contributed by atoms with Crippen molar-refractivity contribution in [3.8, 4) is 0 Å². The zero-order valence-corrected chi connectivity index (χ0v) is 13.1. The van der Waals surface area contributed by atoms with Gasteiger partial charge in [-0.3, -0.25) is 9.59 Å². The first-order valence-corrected chi connectivity index (χ1v) is 7.58. The van der Waals surface area contributed by atoms with Gasteiger partial charge in [0.1, 0.15) is 5.71 Å². The fourth-order valence-corrected chi connectivity index (χ4v) is 2.55. The Balaban J connectivity index is 2.22. The lowest BCUT2D eigenvalue weighted by atomic mass is 10.1. The Morgan fingerprint density at radius 3 is 2.71 bits per heavy atom. The first-order valence-electron chi connectivity index (χ1n) is 7.58. The van der Waals surface area contributed by atoms with Crippen molar-refractivity contribution in [3.63, 3.8) is 0 Å². The summed E-state index contributed by atoms with van der Waals surface area (Å²) in [7, 11) is 2.04. The van der Waals surface area contributed by atoms with E-state index in [2.05, 4.69) is 16.9 Å². The molecule has 0 N–H and O–H groups in total. The molecule has 0 aromatic carbocycles. The average molecular weight is 289 g/mol. The molecule has 2 aliphatic rings. The van der Waals surface area contributed by atoms with Gasteiger partial charge in [-0.1, -0.05) is 13.3 Å². The van der Waals surface area contributed by atoms with E-state index in [1.165, 1.54) is 17.6 Å². The maximum atomic E-state index is 12.4. The van der Waals surface area contributed by atoms with Crippen LogP contribution < -0.4 is 0 Å². The first-order chi connectivity index (χ1) is 10.0. The third-order valence-corrected chi connectivity index (χ3v) is 3.86. The van der Waals surface area contributed by atoms with E-state index in [9.17, 15) is 9.59 Å². The van der Waals surface area contributed by atoms with Crippen LogP contribution in [0.5, 0.6) is 0 Å². The van der Waals surface area contributed by atoms with E-state index in [0.29, 0.717) is 12.1 Å². The number of nitrogens with zero attached hydrogens (tertiary/aromatic N) is 3. The lowest BCUT2D eigenvalue weighted by Crippen LogP contribution is -2.23. The summed E-state index contributed by atoms with van der Waals surface area (Å²) in [5.74, 6) is -0.321. The van der Waals surface area contributed by atoms with Crippen LogP contribution >= 0.6 is 0 Å². The smallest absolute Gasteiger partial charge is 0.276 e. The number of carbonyl (C=O) groups excluding carboxylic acids is 2. The molecular weight excluding hydrogens is 266 g/mol. The number of likely N-dealkylation sites (tertiary alicyclic amines) is 1. The van der Waals surface area contributed by atoms with Crippen molar-refractivity contribution in [1.29, 1.82) is 0 Å². The minimum absolute atomic E-state index is 0.160. The Bertz CT molecular complexity index is 532. The third-order valence-electron chi connectivity index (χ3n) is 3.86. The number of unbranched alkanes of at least 4 members (excludes halogenated alkanes) is 1. The zero-order chi connectivity index (χ0) is 15.4. The molecule has 0 aliphatic carbocycles. The number of hydrogen-bond donors (Lipinski definition) is 0. The molecule has 0 unspecified atom stereocenters. The lowest BCUT2D eigenvalue weighted by Gasteiger charge is -2.11. The average Bonchev–Trinajstić information content (AvgIpc) is 2.99. The van der Waals surface area contributed by atoms with Gasteiger partial charge in [0.2, 0.25) is 0 Å². The Hall–Kier alpha value is -1.91. The van der Waals surface area contributed by atoms with Crippen LogP contribution in [-0.2, 0) is 9.59 Å². The predicted octanol–water partition coefficient (Wildman–Crippen LogP) is 2.11. The molecule has 2 heterocycles. The monoisotopic (exact) mass is 289 g/mol. The molecule has 5 nitrogen and oxygen atoms in total. The highest BCUT2D eigenvalue weighted by Crippen LogP contribution is 2.21. The topological polar surface area (TPSA) is 53.0 Å². The van der Waals surface area contributed by atoms with Crippen LogP contribution in [-0.4, -0.2) is 47.4 Å². The number of ketones is 1. The van der Waals surface area contributed by atoms with E-state index in [-0.39, 0.29) is 17.4 Å². The van der Waals surface area contributed by atoms with Gasteiger partial charge in [-0.05, 0) is 31.4 Å². The molecule has 0 aromatic heterocycles. The van der Waals surface area contributed by atoms with Crippen molar-refractivity contribution >= 4 is 17.4 Å². The van der Waals surface area contributed by atoms with Crippen LogP contribution in [0.15, 0.2) is 28.5 Å². The van der Waals surface area contributed by atoms with Crippen LogP contribution in [0.2, 0.25) is 0 Å². The van der Waals surface area contributed by atoms with Crippen LogP contribution in [0.4, 0.5) is 0 Å². The summed E-state index contributed by atoms with van der Waals surface area (Å²) in [6.07, 6.45) is 7.73. The fourth-order valence-electron chi connectivity index (χ4n) is 2.55. The van der Waals surface area contributed by atoms with E-state index < -0.39 is 0 Å². The number of amides is 1. The summed E-state index contributed by atoms with van der Waals surface area (Å²) >= 11 is 0. The molecule has 0 atom stereocenters. The van der Waals surface area contributed by atoms with Crippen molar-refractivity contribution in [2.24, 2.45) is 5.10 Å². The second kappa shape index (κ2) is 6.70. The molecule has 21 heavy (non-hydrogen) atoms. The van der Waals surface area contributed by atoms with E-state index in [1.807, 2.05) is 13.1 Å². The molecule has 0 spiro atoms. The van der Waals surface area contributed by atoms with Gasteiger partial charge in [0.15, 0.2) is 5.78 Å². The van der Waals surface area contributed by atoms with Gasteiger partial charge in [0, 0.05) is 32.8 Å². The second-order valence-electron chi connectivity index (χ2n) is 5.55. The largest absolute Gasteiger partial charge is 0.378 e. The van der Waals surface area contributed by atoms with Crippen LogP contribution in [0, 0.1) is 0 Å². The quantitative estimate of drug-likeness (QED) is 0.728. The molecule has 114 valence electrons. The molecule has 0 bridgehead atoms. The van der Waals surface area contributed by atoms with Gasteiger partial charge >= 0.3 is 0 Å². The van der Waals surface area contributed by atoms with E-state index in [4.69, 9.17) is 0 Å². The molecule has 0 radical (unpaired) electrons. The maximum Gasteiger partial charge on any atom is 0.276 e. The Morgan fingerprint density at radius 2 is 2.14 bits per heavy atom. The molecule has 1 saturated heterocycles. The van der Waals surface area contributed by atoms with Crippen molar-refractivity contribution in [1.82, 2.24) is 9.91 Å². The summed E-state index contributed by atoms with van der Waals surface area (Å²) in [6, 6.07) is 0. The highest BCUT2D eigenvalue weighted by molar-refractivity contribution is 6.52. The number of hydrazone groups is 1. The summed E-state index contributed by atoms with van der Waals surface area (Å²) in [4.78, 5) is 26.2. The van der Waals surface area contributed by atoms with Gasteiger partial charge in [-0.25, -0.2) is 5.01 Å². The van der Waals surface area contributed by atoms with Crippen molar-refractivity contribution in [2.75, 3.05) is 20.1 Å². The standard InChI is InChI=1S/C16H23N3O2/c1-4-5-11-19-16(21)14(15(17-19)12(2)20)9-8-13-7-6-10-18(13)3/h8-9H,4-7,10-11H2,1-3H3/b13-8-,14-9+. The third kappa shape index (κ3) is 3.40. The SMILES string of the molecule is CCCCN1N=C(C(C)=O)/C(=C\C=C2\CCCN2C)C1=O. The number of allylic oxidation sites excluding steroid dienone is 3. The van der Waals surface area contributed by atoms with E-state index in [1.54, 1.807) is 6.08 Å². The molecular formula is C16H23N3O2. The Kier molecular flexibility index (Phi) is 4.94. The fraction of sp³-hybridized carbons (Fsp3) is 0.562. The first kappa shape index (κ1) is 15.5. The van der Waals surface area contributed by atoms with Crippen molar-refractivity contribution < 1.29 is 9.59 Å². The molecule has 0 saturated carbocycles. The van der Waals surface area contributed by atoms with E-state index >= 15 is 0 Å². The van der Waals surface area contributed by atoms with Gasteiger partial charge in [0.25, 0.3) is 5.91 Å². The molecule has 2 aliphatic heterocycles. The van der Waals surface area contributed by atoms with Gasteiger partial charge in [0.05, 0.1) is 5.57 Å². The highest BCUT2D eigenvalue weighted by Gasteiger charge is 2.31. The number of carbonyl (C=O) groups is 2. The van der Waals surface area contributed by atoms with Crippen molar-refractivity contribution in [2.45, 2.75) is 39.5 Å². The summed E-state index contributed by atoms with van der Waals surface area (Å²) in [5, 5.41) is 5.61. The summed E-state index contributed by atoms with van der Waals surface area (Å²) < 4.78 is 0. The van der Waals surface area contributed by atoms with Crippen LogP contribution in [0.25, 0.3) is 0 Å². The van der Waals surface area contributed by atoms with Gasteiger partial charge in [-0.2, -0.15) is 5.10 Å². The van der Waals surface area contributed by atoms with Crippen LogP contribution in [0.3, 0.4) is 0 Å². The lowest BCUT2D eigenvalue weighted by molar-refractivity contribution is -0.125. The molecule has 1 fully saturated rings. The second-order valence-corrected chi connectivity index (χ2v) is 5.55. The minimum Gasteiger partial charge on any atom is -0.378 e. The Morgan fingerprint density at radius 1 is 1.38 bits per heavy atom. The van der Waals surface area contributed by atoms with Crippen molar-refractivity contribution in [3.05, 3.63) is 23.4 Å². The summed E-state index contributed by atoms with van der Waals surface area (Å²) in [6.45, 7) is 5.13. The Labute approximate surface area is 126 Å². The zero-order valence-electron chi connectivity index (χ0n) is 13.1. The maximum absolute atomic E-state index is 12.4. The minimum atomic E-state index is -0.161. The highest BCUT2D eigenvalue weighted by atomic mass is 16.2. The van der Waals surface area contributed by atoms with Crippen LogP contribution in [0.1, 0.15) is 39.5 Å².